The minimum absolute atomic E-state index is 0.00779. The van der Waals surface area contributed by atoms with Gasteiger partial charge in [-0.2, -0.15) is 0 Å². The molecule has 0 aliphatic carbocycles. The fourth-order valence-electron chi connectivity index (χ4n) is 4.45. The topological polar surface area (TPSA) is 95.5 Å². The lowest BCUT2D eigenvalue weighted by Gasteiger charge is -2.25. The van der Waals surface area contributed by atoms with Crippen LogP contribution in [-0.2, 0) is 16.1 Å². The molecule has 5 rings (SSSR count). The number of Topliss-reactive ketones (excluding diaryl/α,β-unsaturated/α-hetero) is 1. The summed E-state index contributed by atoms with van der Waals surface area (Å²) in [7, 11) is 0. The van der Waals surface area contributed by atoms with Gasteiger partial charge in [0.2, 0.25) is 0 Å². The molecule has 0 spiro atoms. The van der Waals surface area contributed by atoms with Crippen LogP contribution in [0.5, 0.6) is 5.75 Å². The van der Waals surface area contributed by atoms with Crippen molar-refractivity contribution in [3.8, 4) is 5.75 Å². The number of carbonyl (C=O) groups is 2. The lowest BCUT2D eigenvalue weighted by Crippen LogP contribution is -2.29. The number of benzene rings is 2. The van der Waals surface area contributed by atoms with Gasteiger partial charge >= 0.3 is 0 Å². The van der Waals surface area contributed by atoms with E-state index in [0.717, 1.165) is 16.5 Å². The molecule has 4 aromatic rings. The van der Waals surface area contributed by atoms with E-state index in [1.54, 1.807) is 42.9 Å². The normalized spacial score (nSPS) is 17.3. The molecule has 1 aliphatic heterocycles. The third-order valence-electron chi connectivity index (χ3n) is 6.04. The zero-order valence-corrected chi connectivity index (χ0v) is 19.6. The highest BCUT2D eigenvalue weighted by Crippen LogP contribution is 2.43. The van der Waals surface area contributed by atoms with Gasteiger partial charge in [-0.15, -0.1) is 0 Å². The number of aliphatic hydroxyl groups is 1. The summed E-state index contributed by atoms with van der Waals surface area (Å²) in [6, 6.07) is 15.2. The maximum absolute atomic E-state index is 13.3. The second-order valence-corrected chi connectivity index (χ2v) is 8.56. The number of H-pyrrole nitrogens is 1. The Kier molecular flexibility index (Phi) is 6.01. The molecular weight excluding hydrogens is 466 g/mol. The average Bonchev–Trinajstić information content (AvgIpc) is 3.40. The number of aromatic nitrogens is 2. The Morgan fingerprint density at radius 3 is 2.77 bits per heavy atom. The number of amides is 1. The smallest absolute Gasteiger partial charge is 0.295 e. The fraction of sp³-hybridized carbons (Fsp3) is 0.148. The van der Waals surface area contributed by atoms with Crippen LogP contribution >= 0.6 is 11.6 Å². The van der Waals surface area contributed by atoms with E-state index in [2.05, 4.69) is 9.97 Å². The number of fused-ring (bicyclic) bond motifs is 1. The number of carbonyl (C=O) groups excluding carboxylic acids is 2. The summed E-state index contributed by atoms with van der Waals surface area (Å²) in [6.45, 7) is 2.36. The third-order valence-corrected chi connectivity index (χ3v) is 6.35. The van der Waals surface area contributed by atoms with Crippen LogP contribution in [0, 0.1) is 0 Å². The zero-order valence-electron chi connectivity index (χ0n) is 18.9. The van der Waals surface area contributed by atoms with Crippen LogP contribution in [-0.4, -0.2) is 38.3 Å². The van der Waals surface area contributed by atoms with Crippen LogP contribution in [0.1, 0.15) is 29.7 Å². The molecule has 0 saturated carbocycles. The first kappa shape index (κ1) is 22.7. The summed E-state index contributed by atoms with van der Waals surface area (Å²) in [5.41, 5.74) is 2.68. The minimum atomic E-state index is -0.808. The standard InChI is InChI=1S/C27H22ClN3O4/c1-2-35-22-12-17(9-10-20(22)28)25(32)23-24(19-14-30-21-8-4-3-7-18(19)21)31(27(34)26(23)33)15-16-6-5-11-29-13-16/h3-14,24,30,32H,2,15H2,1H3/b25-23+. The van der Waals surface area contributed by atoms with Crippen LogP contribution in [0.4, 0.5) is 0 Å². The van der Waals surface area contributed by atoms with E-state index < -0.39 is 17.7 Å². The highest BCUT2D eigenvalue weighted by molar-refractivity contribution is 6.46. The number of likely N-dealkylation sites (tertiary alicyclic amines) is 1. The molecule has 0 bridgehead atoms. The van der Waals surface area contributed by atoms with Crippen molar-refractivity contribution in [1.82, 2.24) is 14.9 Å². The largest absolute Gasteiger partial charge is 0.507 e. The lowest BCUT2D eigenvalue weighted by molar-refractivity contribution is -0.140. The van der Waals surface area contributed by atoms with Gasteiger partial charge in [-0.1, -0.05) is 35.9 Å². The van der Waals surface area contributed by atoms with Crippen molar-refractivity contribution < 1.29 is 19.4 Å². The third kappa shape index (κ3) is 4.04. The van der Waals surface area contributed by atoms with Gasteiger partial charge in [0.15, 0.2) is 0 Å². The number of para-hydroxylation sites is 1. The molecule has 1 atom stereocenters. The predicted octanol–water partition coefficient (Wildman–Crippen LogP) is 5.24. The van der Waals surface area contributed by atoms with Gasteiger partial charge in [0.1, 0.15) is 11.5 Å². The molecule has 2 N–H and O–H groups in total. The Morgan fingerprint density at radius 1 is 1.17 bits per heavy atom. The molecule has 3 heterocycles. The van der Waals surface area contributed by atoms with E-state index in [1.165, 1.54) is 4.90 Å². The van der Waals surface area contributed by atoms with Crippen molar-refractivity contribution in [3.05, 3.63) is 100 Å². The van der Waals surface area contributed by atoms with Crippen LogP contribution in [0.25, 0.3) is 16.7 Å². The summed E-state index contributed by atoms with van der Waals surface area (Å²) in [4.78, 5) is 35.4. The van der Waals surface area contributed by atoms with Crippen molar-refractivity contribution in [3.63, 3.8) is 0 Å². The molecule has 1 unspecified atom stereocenters. The number of nitrogens with zero attached hydrogens (tertiary/aromatic N) is 2. The van der Waals surface area contributed by atoms with Crippen molar-refractivity contribution in [2.75, 3.05) is 6.61 Å². The Morgan fingerprint density at radius 2 is 2.00 bits per heavy atom. The summed E-state index contributed by atoms with van der Waals surface area (Å²) in [6.07, 6.45) is 5.07. The summed E-state index contributed by atoms with van der Waals surface area (Å²) in [5, 5.41) is 12.6. The first-order chi connectivity index (χ1) is 17.0. The van der Waals surface area contributed by atoms with Crippen LogP contribution in [0.2, 0.25) is 5.02 Å². The van der Waals surface area contributed by atoms with Gasteiger partial charge in [-0.3, -0.25) is 14.6 Å². The SMILES string of the molecule is CCOc1cc(/C(O)=C2\C(=O)C(=O)N(Cc3cccnc3)C2c2c[nH]c3ccccc23)ccc1Cl. The summed E-state index contributed by atoms with van der Waals surface area (Å²) < 4.78 is 5.56. The van der Waals surface area contributed by atoms with Crippen molar-refractivity contribution in [2.45, 2.75) is 19.5 Å². The first-order valence-corrected chi connectivity index (χ1v) is 11.5. The molecular formula is C27H22ClN3O4. The zero-order chi connectivity index (χ0) is 24.5. The quantitative estimate of drug-likeness (QED) is 0.220. The van der Waals surface area contributed by atoms with Gasteiger partial charge < -0.3 is 19.7 Å². The van der Waals surface area contributed by atoms with E-state index >= 15 is 0 Å². The number of rotatable bonds is 6. The molecule has 0 radical (unpaired) electrons. The molecule has 1 aliphatic rings. The Balaban J connectivity index is 1.70. The molecule has 1 fully saturated rings. The molecule has 176 valence electrons. The van der Waals surface area contributed by atoms with Gasteiger partial charge in [-0.05, 0) is 42.8 Å². The van der Waals surface area contributed by atoms with Crippen LogP contribution in [0.3, 0.4) is 0 Å². The summed E-state index contributed by atoms with van der Waals surface area (Å²) in [5.74, 6) is -1.35. The van der Waals surface area contributed by atoms with Crippen molar-refractivity contribution in [2.24, 2.45) is 0 Å². The van der Waals surface area contributed by atoms with E-state index in [4.69, 9.17) is 16.3 Å². The van der Waals surface area contributed by atoms with Crippen LogP contribution in [0.15, 0.2) is 78.8 Å². The average molecular weight is 488 g/mol. The lowest BCUT2D eigenvalue weighted by atomic mass is 9.94. The van der Waals surface area contributed by atoms with Gasteiger partial charge in [0.25, 0.3) is 11.7 Å². The second kappa shape index (κ2) is 9.27. The minimum Gasteiger partial charge on any atom is -0.507 e. The molecule has 8 heteroatoms. The Hall–Kier alpha value is -4.10. The number of ketones is 1. The first-order valence-electron chi connectivity index (χ1n) is 11.2. The number of aliphatic hydroxyl groups excluding tert-OH is 1. The Bertz CT molecular complexity index is 1460. The number of pyridine rings is 1. The van der Waals surface area contributed by atoms with Gasteiger partial charge in [0, 0.05) is 47.2 Å². The highest BCUT2D eigenvalue weighted by Gasteiger charge is 2.47. The van der Waals surface area contributed by atoms with E-state index in [0.29, 0.717) is 28.5 Å². The number of ether oxygens (including phenoxy) is 1. The van der Waals surface area contributed by atoms with E-state index in [1.807, 2.05) is 37.3 Å². The van der Waals surface area contributed by atoms with E-state index in [9.17, 15) is 14.7 Å². The number of nitrogens with one attached hydrogen (secondary N) is 1. The van der Waals surface area contributed by atoms with Crippen molar-refractivity contribution >= 4 is 40.0 Å². The molecule has 2 aromatic heterocycles. The second-order valence-electron chi connectivity index (χ2n) is 8.16. The van der Waals surface area contributed by atoms with Crippen LogP contribution < -0.4 is 4.74 Å². The Labute approximate surface area is 206 Å². The highest BCUT2D eigenvalue weighted by atomic mass is 35.5. The molecule has 1 saturated heterocycles. The molecule has 7 nitrogen and oxygen atoms in total. The predicted molar refractivity (Wildman–Crippen MR) is 133 cm³/mol. The number of hydrogen-bond acceptors (Lipinski definition) is 5. The fourth-order valence-corrected chi connectivity index (χ4v) is 4.62. The van der Waals surface area contributed by atoms with Gasteiger partial charge in [0.05, 0.1) is 23.2 Å². The summed E-state index contributed by atoms with van der Waals surface area (Å²) >= 11 is 6.22. The molecule has 2 aromatic carbocycles. The monoisotopic (exact) mass is 487 g/mol. The van der Waals surface area contributed by atoms with E-state index in [-0.39, 0.29) is 17.9 Å². The number of hydrogen-bond donors (Lipinski definition) is 2. The molecule has 1 amide bonds. The maximum atomic E-state index is 13.3. The number of aromatic amines is 1. The van der Waals surface area contributed by atoms with Gasteiger partial charge in [-0.25, -0.2) is 0 Å². The van der Waals surface area contributed by atoms with Crippen molar-refractivity contribution in [1.29, 1.82) is 0 Å². The number of halogens is 1. The maximum Gasteiger partial charge on any atom is 0.295 e. The molecule has 35 heavy (non-hydrogen) atoms.